The average Bonchev–Trinajstić information content (AvgIpc) is 2.55. The maximum atomic E-state index is 12.5. The summed E-state index contributed by atoms with van der Waals surface area (Å²) in [7, 11) is 1.62. The van der Waals surface area contributed by atoms with Crippen LogP contribution in [0.15, 0.2) is 42.5 Å². The van der Waals surface area contributed by atoms with Crippen LogP contribution in [0, 0.1) is 6.92 Å². The third-order valence-corrected chi connectivity index (χ3v) is 3.62. The van der Waals surface area contributed by atoms with E-state index >= 15 is 0 Å². The number of hydrogen-bond acceptors (Lipinski definition) is 3. The van der Waals surface area contributed by atoms with Crippen molar-refractivity contribution in [1.29, 1.82) is 0 Å². The predicted octanol–water partition coefficient (Wildman–Crippen LogP) is 2.78. The summed E-state index contributed by atoms with van der Waals surface area (Å²) in [6, 6.07) is 11.6. The highest BCUT2D eigenvalue weighted by atomic mass is 16.4. The molecule has 0 aliphatic rings. The van der Waals surface area contributed by atoms with E-state index in [0.29, 0.717) is 28.5 Å². The van der Waals surface area contributed by atoms with Gasteiger partial charge in [0.1, 0.15) is 0 Å². The van der Waals surface area contributed by atoms with Gasteiger partial charge in [-0.1, -0.05) is 30.3 Å². The lowest BCUT2D eigenvalue weighted by molar-refractivity contribution is 0.0695. The number of carbonyl (C=O) groups excluding carboxylic acids is 2. The molecule has 0 spiro atoms. The molecule has 0 aliphatic heterocycles. The number of carbonyl (C=O) groups is 3. The standard InChI is InChI=1S/C18H17NO4/c1-12-7-8-13(9-16(12)18(22)23)10-19(2)17(21)15-6-4-3-5-14(15)11-20/h3-9,11H,10H2,1-2H3,(H,22,23). The Balaban J connectivity index is 2.23. The summed E-state index contributed by atoms with van der Waals surface area (Å²) < 4.78 is 0. The first kappa shape index (κ1) is 16.4. The van der Waals surface area contributed by atoms with Crippen LogP contribution < -0.4 is 0 Å². The Labute approximate surface area is 134 Å². The number of benzene rings is 2. The highest BCUT2D eigenvalue weighted by Gasteiger charge is 2.16. The molecule has 0 radical (unpaired) electrons. The molecule has 118 valence electrons. The molecule has 2 rings (SSSR count). The largest absolute Gasteiger partial charge is 0.478 e. The third kappa shape index (κ3) is 3.63. The quantitative estimate of drug-likeness (QED) is 0.862. The zero-order chi connectivity index (χ0) is 17.0. The fourth-order valence-corrected chi connectivity index (χ4v) is 2.34. The van der Waals surface area contributed by atoms with E-state index in [1.807, 2.05) is 0 Å². The molecule has 0 heterocycles. The van der Waals surface area contributed by atoms with Gasteiger partial charge in [0.25, 0.3) is 5.91 Å². The molecule has 5 nitrogen and oxygen atoms in total. The second-order valence-electron chi connectivity index (χ2n) is 5.32. The van der Waals surface area contributed by atoms with Crippen LogP contribution in [0.5, 0.6) is 0 Å². The summed E-state index contributed by atoms with van der Waals surface area (Å²) in [5.74, 6) is -1.28. The second-order valence-corrected chi connectivity index (χ2v) is 5.32. The number of aromatic carboxylic acids is 1. The minimum atomic E-state index is -0.996. The van der Waals surface area contributed by atoms with E-state index in [2.05, 4.69) is 0 Å². The van der Waals surface area contributed by atoms with Crippen LogP contribution in [-0.4, -0.2) is 35.2 Å². The van der Waals surface area contributed by atoms with Crippen LogP contribution in [0.2, 0.25) is 0 Å². The Bertz CT molecular complexity index is 767. The zero-order valence-electron chi connectivity index (χ0n) is 12.9. The lowest BCUT2D eigenvalue weighted by atomic mass is 10.0. The lowest BCUT2D eigenvalue weighted by Gasteiger charge is -2.18. The van der Waals surface area contributed by atoms with Gasteiger partial charge in [-0.05, 0) is 30.2 Å². The van der Waals surface area contributed by atoms with Gasteiger partial charge in [0.15, 0.2) is 6.29 Å². The minimum Gasteiger partial charge on any atom is -0.478 e. The van der Waals surface area contributed by atoms with Crippen molar-refractivity contribution in [3.63, 3.8) is 0 Å². The summed E-state index contributed by atoms with van der Waals surface area (Å²) in [5.41, 5.74) is 2.26. The number of carboxylic acid groups (broad SMARTS) is 1. The molecule has 2 aromatic rings. The normalized spacial score (nSPS) is 10.2. The van der Waals surface area contributed by atoms with Gasteiger partial charge in [0, 0.05) is 19.2 Å². The van der Waals surface area contributed by atoms with Crippen molar-refractivity contribution >= 4 is 18.2 Å². The van der Waals surface area contributed by atoms with Crippen LogP contribution in [0.4, 0.5) is 0 Å². The Morgan fingerprint density at radius 1 is 1.13 bits per heavy atom. The maximum Gasteiger partial charge on any atom is 0.335 e. The summed E-state index contributed by atoms with van der Waals surface area (Å²) in [6.07, 6.45) is 0.648. The molecule has 0 saturated heterocycles. The fourth-order valence-electron chi connectivity index (χ4n) is 2.34. The van der Waals surface area contributed by atoms with Gasteiger partial charge in [0.05, 0.1) is 11.1 Å². The van der Waals surface area contributed by atoms with Gasteiger partial charge in [-0.25, -0.2) is 4.79 Å². The third-order valence-electron chi connectivity index (χ3n) is 3.62. The van der Waals surface area contributed by atoms with Crippen LogP contribution in [0.3, 0.4) is 0 Å². The van der Waals surface area contributed by atoms with Crippen molar-refractivity contribution in [1.82, 2.24) is 4.90 Å². The maximum absolute atomic E-state index is 12.5. The van der Waals surface area contributed by atoms with Gasteiger partial charge in [-0.2, -0.15) is 0 Å². The summed E-state index contributed by atoms with van der Waals surface area (Å²) >= 11 is 0. The molecule has 0 atom stereocenters. The number of rotatable bonds is 5. The number of aldehydes is 1. The van der Waals surface area contributed by atoms with Crippen molar-refractivity contribution in [2.24, 2.45) is 0 Å². The van der Waals surface area contributed by atoms with E-state index in [0.717, 1.165) is 0 Å². The molecule has 0 saturated carbocycles. The van der Waals surface area contributed by atoms with Crippen LogP contribution in [0.1, 0.15) is 42.2 Å². The topological polar surface area (TPSA) is 74.7 Å². The van der Waals surface area contributed by atoms with E-state index < -0.39 is 5.97 Å². The summed E-state index contributed by atoms with van der Waals surface area (Å²) in [6.45, 7) is 1.98. The van der Waals surface area contributed by atoms with E-state index in [-0.39, 0.29) is 18.0 Å². The SMILES string of the molecule is Cc1ccc(CN(C)C(=O)c2ccccc2C=O)cc1C(=O)O. The molecule has 1 amide bonds. The van der Waals surface area contributed by atoms with Gasteiger partial charge in [-0.3, -0.25) is 9.59 Å². The molecule has 0 aliphatic carbocycles. The van der Waals surface area contributed by atoms with Gasteiger partial charge < -0.3 is 10.0 Å². The van der Waals surface area contributed by atoms with Gasteiger partial charge >= 0.3 is 5.97 Å². The first-order valence-electron chi connectivity index (χ1n) is 7.06. The highest BCUT2D eigenvalue weighted by Crippen LogP contribution is 2.15. The zero-order valence-corrected chi connectivity index (χ0v) is 12.9. The smallest absolute Gasteiger partial charge is 0.335 e. The molecular formula is C18H17NO4. The number of carboxylic acids is 1. The second kappa shape index (κ2) is 6.87. The van der Waals surface area contributed by atoms with Gasteiger partial charge in [0.2, 0.25) is 0 Å². The van der Waals surface area contributed by atoms with E-state index in [4.69, 9.17) is 5.11 Å². The Hall–Kier alpha value is -2.95. The van der Waals surface area contributed by atoms with Gasteiger partial charge in [-0.15, -0.1) is 0 Å². The van der Waals surface area contributed by atoms with Crippen LogP contribution in [-0.2, 0) is 6.54 Å². The summed E-state index contributed by atoms with van der Waals surface area (Å²) in [5, 5.41) is 9.16. The minimum absolute atomic E-state index is 0.219. The summed E-state index contributed by atoms with van der Waals surface area (Å²) in [4.78, 5) is 36.1. The molecule has 0 bridgehead atoms. The van der Waals surface area contributed by atoms with E-state index in [1.54, 1.807) is 56.4 Å². The number of aryl methyl sites for hydroxylation is 1. The van der Waals surface area contributed by atoms with Crippen molar-refractivity contribution in [3.8, 4) is 0 Å². The molecule has 5 heteroatoms. The molecule has 0 unspecified atom stereocenters. The molecular weight excluding hydrogens is 294 g/mol. The first-order chi connectivity index (χ1) is 10.9. The predicted molar refractivity (Wildman–Crippen MR) is 85.8 cm³/mol. The van der Waals surface area contributed by atoms with E-state index in [1.165, 1.54) is 4.90 Å². The van der Waals surface area contributed by atoms with Crippen LogP contribution >= 0.6 is 0 Å². The molecule has 23 heavy (non-hydrogen) atoms. The van der Waals surface area contributed by atoms with Crippen molar-refractivity contribution in [3.05, 3.63) is 70.3 Å². The fraction of sp³-hybridized carbons (Fsp3) is 0.167. The monoisotopic (exact) mass is 311 g/mol. The number of hydrogen-bond donors (Lipinski definition) is 1. The molecule has 0 fully saturated rings. The van der Waals surface area contributed by atoms with Crippen molar-refractivity contribution < 1.29 is 19.5 Å². The Morgan fingerprint density at radius 3 is 2.48 bits per heavy atom. The Kier molecular flexibility index (Phi) is 4.91. The molecule has 1 N–H and O–H groups in total. The average molecular weight is 311 g/mol. The van der Waals surface area contributed by atoms with Crippen LogP contribution in [0.25, 0.3) is 0 Å². The number of amides is 1. The first-order valence-corrected chi connectivity index (χ1v) is 7.06. The number of nitrogens with zero attached hydrogens (tertiary/aromatic N) is 1. The Morgan fingerprint density at radius 2 is 1.83 bits per heavy atom. The lowest BCUT2D eigenvalue weighted by Crippen LogP contribution is -2.27. The highest BCUT2D eigenvalue weighted by molar-refractivity contribution is 6.01. The van der Waals surface area contributed by atoms with Crippen molar-refractivity contribution in [2.45, 2.75) is 13.5 Å². The molecule has 0 aromatic heterocycles. The molecule has 2 aromatic carbocycles. The van der Waals surface area contributed by atoms with Crippen molar-refractivity contribution in [2.75, 3.05) is 7.05 Å². The van der Waals surface area contributed by atoms with E-state index in [9.17, 15) is 14.4 Å².